The van der Waals surface area contributed by atoms with Crippen LogP contribution in [0.25, 0.3) is 0 Å². The average molecular weight is 221 g/mol. The third-order valence-electron chi connectivity index (χ3n) is 0.860. The minimum absolute atomic E-state index is 0.514. The number of amides is 1. The van der Waals surface area contributed by atoms with Crippen LogP contribution in [0.2, 0.25) is 0 Å². The fourth-order valence-electron chi connectivity index (χ4n) is 0.499. The summed E-state index contributed by atoms with van der Waals surface area (Å²) in [5, 5.41) is 5.30. The summed E-state index contributed by atoms with van der Waals surface area (Å²) in [6.45, 7) is 0.514. The first-order valence-corrected chi connectivity index (χ1v) is 4.27. The smallest absolute Gasteiger partial charge is 0.207 e. The van der Waals surface area contributed by atoms with Gasteiger partial charge in [0, 0.05) is 5.38 Å². The van der Waals surface area contributed by atoms with Crippen molar-refractivity contribution in [3.63, 3.8) is 0 Å². The molecule has 1 aromatic heterocycles. The normalized spacial score (nSPS) is 9.30. The molecular weight excluding hydrogens is 216 g/mol. The number of nitrogens with zero attached hydrogens (tertiary/aromatic N) is 1. The molecule has 0 aromatic carbocycles. The summed E-state index contributed by atoms with van der Waals surface area (Å²) in [5.41, 5.74) is 0. The second kappa shape index (κ2) is 3.68. The van der Waals surface area contributed by atoms with Crippen LogP contribution in [0.4, 0.5) is 0 Å². The standard InChI is InChI=1S/C5H5BrN2OS/c6-4-2-10-5(8-4)1-7-3-9/h2-3H,1H2,(H,7,9). The second-order valence-corrected chi connectivity index (χ2v) is 3.32. The summed E-state index contributed by atoms with van der Waals surface area (Å²) < 4.78 is 0.820. The van der Waals surface area contributed by atoms with E-state index >= 15 is 0 Å². The first-order valence-electron chi connectivity index (χ1n) is 2.60. The lowest BCUT2D eigenvalue weighted by Gasteiger charge is -1.89. The summed E-state index contributed by atoms with van der Waals surface area (Å²) >= 11 is 4.72. The van der Waals surface area contributed by atoms with Crippen molar-refractivity contribution in [1.82, 2.24) is 10.3 Å². The van der Waals surface area contributed by atoms with Gasteiger partial charge in [0.05, 0.1) is 6.54 Å². The van der Waals surface area contributed by atoms with E-state index in [9.17, 15) is 4.79 Å². The SMILES string of the molecule is O=CNCc1nc(Br)cs1. The van der Waals surface area contributed by atoms with Crippen LogP contribution in [0.15, 0.2) is 9.98 Å². The number of nitrogens with one attached hydrogen (secondary N) is 1. The van der Waals surface area contributed by atoms with Gasteiger partial charge in [0.1, 0.15) is 9.61 Å². The largest absolute Gasteiger partial charge is 0.352 e. The lowest BCUT2D eigenvalue weighted by Crippen LogP contribution is -2.08. The highest BCUT2D eigenvalue weighted by Gasteiger charge is 1.96. The van der Waals surface area contributed by atoms with Gasteiger partial charge in [-0.25, -0.2) is 4.98 Å². The van der Waals surface area contributed by atoms with Crippen molar-refractivity contribution in [1.29, 1.82) is 0 Å². The van der Waals surface area contributed by atoms with E-state index in [1.807, 2.05) is 5.38 Å². The van der Waals surface area contributed by atoms with Gasteiger partial charge < -0.3 is 5.32 Å². The number of hydrogen-bond donors (Lipinski definition) is 1. The molecule has 0 atom stereocenters. The van der Waals surface area contributed by atoms with E-state index in [0.29, 0.717) is 13.0 Å². The number of hydrogen-bond acceptors (Lipinski definition) is 3. The molecule has 0 spiro atoms. The number of aromatic nitrogens is 1. The molecule has 1 aromatic rings. The Morgan fingerprint density at radius 1 is 1.90 bits per heavy atom. The lowest BCUT2D eigenvalue weighted by molar-refractivity contribution is -0.109. The third kappa shape index (κ3) is 2.07. The van der Waals surface area contributed by atoms with Crippen molar-refractivity contribution in [2.24, 2.45) is 0 Å². The summed E-state index contributed by atoms with van der Waals surface area (Å²) in [5.74, 6) is 0. The van der Waals surface area contributed by atoms with Crippen molar-refractivity contribution >= 4 is 33.7 Å². The molecule has 0 aliphatic carbocycles. The van der Waals surface area contributed by atoms with Crippen LogP contribution in [0.5, 0.6) is 0 Å². The van der Waals surface area contributed by atoms with Gasteiger partial charge in [-0.15, -0.1) is 11.3 Å². The molecule has 0 saturated carbocycles. The van der Waals surface area contributed by atoms with Crippen molar-refractivity contribution in [3.8, 4) is 0 Å². The Bertz CT molecular complexity index is 225. The molecule has 5 heteroatoms. The fourth-order valence-corrected chi connectivity index (χ4v) is 1.71. The molecular formula is C5H5BrN2OS. The Morgan fingerprint density at radius 3 is 3.20 bits per heavy atom. The van der Waals surface area contributed by atoms with Crippen molar-refractivity contribution in [2.45, 2.75) is 6.54 Å². The fraction of sp³-hybridized carbons (Fsp3) is 0.200. The van der Waals surface area contributed by atoms with Gasteiger partial charge >= 0.3 is 0 Å². The molecule has 0 aliphatic rings. The van der Waals surface area contributed by atoms with Crippen molar-refractivity contribution in [3.05, 3.63) is 15.0 Å². The molecule has 0 saturated heterocycles. The lowest BCUT2D eigenvalue weighted by atomic mass is 10.7. The van der Waals surface area contributed by atoms with Crippen LogP contribution >= 0.6 is 27.3 Å². The maximum absolute atomic E-state index is 9.84. The number of halogens is 1. The van der Waals surface area contributed by atoms with Gasteiger partial charge in [0.2, 0.25) is 6.41 Å². The highest BCUT2D eigenvalue weighted by Crippen LogP contribution is 2.13. The molecule has 1 amide bonds. The third-order valence-corrected chi connectivity index (χ3v) is 2.42. The molecule has 54 valence electrons. The van der Waals surface area contributed by atoms with Crippen LogP contribution in [0, 0.1) is 0 Å². The number of carbonyl (C=O) groups excluding carboxylic acids is 1. The van der Waals surface area contributed by atoms with Crippen LogP contribution in [0.1, 0.15) is 5.01 Å². The summed E-state index contributed by atoms with van der Waals surface area (Å²) in [7, 11) is 0. The number of carbonyl (C=O) groups is 1. The van der Waals surface area contributed by atoms with Crippen molar-refractivity contribution in [2.75, 3.05) is 0 Å². The zero-order chi connectivity index (χ0) is 7.40. The Hall–Kier alpha value is -0.420. The molecule has 3 nitrogen and oxygen atoms in total. The first kappa shape index (κ1) is 7.68. The predicted octanol–water partition coefficient (Wildman–Crippen LogP) is 1.15. The van der Waals surface area contributed by atoms with Crippen molar-refractivity contribution < 1.29 is 4.79 Å². The Kier molecular flexibility index (Phi) is 2.82. The maximum Gasteiger partial charge on any atom is 0.207 e. The monoisotopic (exact) mass is 220 g/mol. The van der Waals surface area contributed by atoms with Gasteiger partial charge in [-0.3, -0.25) is 4.79 Å². The Balaban J connectivity index is 2.49. The molecule has 10 heavy (non-hydrogen) atoms. The summed E-state index contributed by atoms with van der Waals surface area (Å²) in [6.07, 6.45) is 0.662. The van der Waals surface area contributed by atoms with Crippen LogP contribution in [0.3, 0.4) is 0 Å². The van der Waals surface area contributed by atoms with Gasteiger partial charge in [-0.1, -0.05) is 0 Å². The zero-order valence-corrected chi connectivity index (χ0v) is 7.41. The molecule has 0 unspecified atom stereocenters. The van der Waals surface area contributed by atoms with E-state index in [4.69, 9.17) is 0 Å². The van der Waals surface area contributed by atoms with Gasteiger partial charge in [-0.2, -0.15) is 0 Å². The molecule has 0 aliphatic heterocycles. The van der Waals surface area contributed by atoms with Crippen LogP contribution in [-0.2, 0) is 11.3 Å². The van der Waals surface area contributed by atoms with E-state index in [2.05, 4.69) is 26.2 Å². The van der Waals surface area contributed by atoms with E-state index in [1.54, 1.807) is 0 Å². The van der Waals surface area contributed by atoms with Gasteiger partial charge in [0.25, 0.3) is 0 Å². The van der Waals surface area contributed by atoms with Crippen LogP contribution in [-0.4, -0.2) is 11.4 Å². The van der Waals surface area contributed by atoms with E-state index < -0.39 is 0 Å². The summed E-state index contributed by atoms with van der Waals surface area (Å²) in [6, 6.07) is 0. The zero-order valence-electron chi connectivity index (χ0n) is 5.00. The molecule has 0 radical (unpaired) electrons. The van der Waals surface area contributed by atoms with E-state index in [1.165, 1.54) is 11.3 Å². The molecule has 0 bridgehead atoms. The van der Waals surface area contributed by atoms with Crippen LogP contribution < -0.4 is 5.32 Å². The minimum atomic E-state index is 0.514. The second-order valence-electron chi connectivity index (χ2n) is 1.56. The highest BCUT2D eigenvalue weighted by atomic mass is 79.9. The van der Waals surface area contributed by atoms with Gasteiger partial charge in [0.15, 0.2) is 0 Å². The number of rotatable bonds is 3. The predicted molar refractivity (Wildman–Crippen MR) is 42.7 cm³/mol. The summed E-state index contributed by atoms with van der Waals surface area (Å²) in [4.78, 5) is 13.9. The Morgan fingerprint density at radius 2 is 2.70 bits per heavy atom. The molecule has 1 rings (SSSR count). The average Bonchev–Trinajstić information content (AvgIpc) is 2.31. The van der Waals surface area contributed by atoms with Gasteiger partial charge in [-0.05, 0) is 15.9 Å². The van der Waals surface area contributed by atoms with E-state index in [0.717, 1.165) is 9.61 Å². The highest BCUT2D eigenvalue weighted by molar-refractivity contribution is 9.10. The van der Waals surface area contributed by atoms with E-state index in [-0.39, 0.29) is 0 Å². The Labute approximate surface area is 70.6 Å². The minimum Gasteiger partial charge on any atom is -0.352 e. The topological polar surface area (TPSA) is 42.0 Å². The molecule has 1 N–H and O–H groups in total. The maximum atomic E-state index is 9.84. The quantitative estimate of drug-likeness (QED) is 0.778. The number of thiazole rings is 1. The first-order chi connectivity index (χ1) is 4.83. The molecule has 1 heterocycles. The molecule has 0 fully saturated rings.